The lowest BCUT2D eigenvalue weighted by Gasteiger charge is -2.38. The van der Waals surface area contributed by atoms with Crippen molar-refractivity contribution >= 4 is 29.1 Å². The van der Waals surface area contributed by atoms with Crippen LogP contribution >= 0.6 is 11.6 Å². The summed E-state index contributed by atoms with van der Waals surface area (Å²) in [5, 5.41) is 5.76. The molecule has 30 heavy (non-hydrogen) atoms. The third-order valence-electron chi connectivity index (χ3n) is 5.36. The lowest BCUT2D eigenvalue weighted by molar-refractivity contribution is -0.136. The first-order chi connectivity index (χ1) is 14.5. The summed E-state index contributed by atoms with van der Waals surface area (Å²) in [5.74, 6) is -0.330. The van der Waals surface area contributed by atoms with E-state index in [1.165, 1.54) is 13.2 Å². The molecule has 0 aromatic heterocycles. The van der Waals surface area contributed by atoms with E-state index in [2.05, 4.69) is 10.6 Å². The van der Waals surface area contributed by atoms with E-state index in [0.29, 0.717) is 36.2 Å². The van der Waals surface area contributed by atoms with Crippen molar-refractivity contribution in [2.24, 2.45) is 0 Å². The molecule has 7 nitrogen and oxygen atoms in total. The van der Waals surface area contributed by atoms with Crippen molar-refractivity contribution in [1.82, 2.24) is 5.32 Å². The fourth-order valence-corrected chi connectivity index (χ4v) is 3.73. The second-order valence-corrected chi connectivity index (χ2v) is 7.54. The maximum Gasteiger partial charge on any atom is 0.313 e. The van der Waals surface area contributed by atoms with Crippen LogP contribution in [0.25, 0.3) is 0 Å². The smallest absolute Gasteiger partial charge is 0.313 e. The Morgan fingerprint density at radius 2 is 1.73 bits per heavy atom. The highest BCUT2D eigenvalue weighted by atomic mass is 35.5. The Balaban J connectivity index is 1.70. The molecule has 8 heteroatoms. The van der Waals surface area contributed by atoms with Gasteiger partial charge in [0.15, 0.2) is 0 Å². The van der Waals surface area contributed by atoms with Crippen molar-refractivity contribution < 1.29 is 23.8 Å². The van der Waals surface area contributed by atoms with Crippen molar-refractivity contribution in [2.45, 2.75) is 18.3 Å². The molecule has 1 heterocycles. The second kappa shape index (κ2) is 9.82. The van der Waals surface area contributed by atoms with Gasteiger partial charge in [-0.2, -0.15) is 0 Å². The molecule has 1 saturated heterocycles. The number of halogens is 1. The molecule has 2 aromatic rings. The van der Waals surface area contributed by atoms with Gasteiger partial charge in [0.05, 0.1) is 19.9 Å². The van der Waals surface area contributed by atoms with E-state index in [4.69, 9.17) is 25.8 Å². The third kappa shape index (κ3) is 5.04. The minimum Gasteiger partial charge on any atom is -0.497 e. The summed E-state index contributed by atoms with van der Waals surface area (Å²) in [4.78, 5) is 24.9. The van der Waals surface area contributed by atoms with Crippen LogP contribution in [0.4, 0.5) is 5.69 Å². The number of ether oxygens (including phenoxy) is 3. The normalized spacial score (nSPS) is 15.2. The van der Waals surface area contributed by atoms with Gasteiger partial charge in [0.1, 0.15) is 11.5 Å². The first-order valence-corrected chi connectivity index (χ1v) is 10.0. The van der Waals surface area contributed by atoms with E-state index >= 15 is 0 Å². The quantitative estimate of drug-likeness (QED) is 0.685. The van der Waals surface area contributed by atoms with Crippen LogP contribution in [0.15, 0.2) is 42.5 Å². The molecule has 0 unspecified atom stereocenters. The predicted octanol–water partition coefficient (Wildman–Crippen LogP) is 3.16. The summed E-state index contributed by atoms with van der Waals surface area (Å²) in [6.07, 6.45) is 1.48. The number of amides is 2. The highest BCUT2D eigenvalue weighted by Crippen LogP contribution is 2.35. The molecule has 0 radical (unpaired) electrons. The third-order valence-corrected chi connectivity index (χ3v) is 5.59. The van der Waals surface area contributed by atoms with Crippen LogP contribution in [0.5, 0.6) is 11.5 Å². The molecule has 2 amide bonds. The molecule has 160 valence electrons. The van der Waals surface area contributed by atoms with Gasteiger partial charge >= 0.3 is 11.8 Å². The van der Waals surface area contributed by atoms with Gasteiger partial charge in [-0.1, -0.05) is 23.7 Å². The number of methoxy groups -OCH3 is 2. The lowest BCUT2D eigenvalue weighted by Crippen LogP contribution is -2.47. The van der Waals surface area contributed by atoms with Crippen LogP contribution in [0.3, 0.4) is 0 Å². The van der Waals surface area contributed by atoms with Crippen molar-refractivity contribution in [3.63, 3.8) is 0 Å². The molecule has 0 saturated carbocycles. The average Bonchev–Trinajstić information content (AvgIpc) is 2.78. The van der Waals surface area contributed by atoms with Gasteiger partial charge in [-0.3, -0.25) is 9.59 Å². The standard InChI is InChI=1S/C22H25ClN2O5/c1-28-17-6-3-15(4-7-17)22(9-11-30-12-10-22)14-24-20(26)21(27)25-18-13-16(23)5-8-19(18)29-2/h3-8,13H,9-12,14H2,1-2H3,(H,24,26)(H,25,27). The first-order valence-electron chi connectivity index (χ1n) is 9.62. The zero-order valence-corrected chi connectivity index (χ0v) is 17.8. The van der Waals surface area contributed by atoms with Gasteiger partial charge in [-0.05, 0) is 48.7 Å². The number of hydrogen-bond donors (Lipinski definition) is 2. The van der Waals surface area contributed by atoms with Crippen molar-refractivity contribution in [3.05, 3.63) is 53.1 Å². The van der Waals surface area contributed by atoms with Gasteiger partial charge in [0.25, 0.3) is 0 Å². The minimum absolute atomic E-state index is 0.311. The van der Waals surface area contributed by atoms with E-state index in [1.807, 2.05) is 24.3 Å². The van der Waals surface area contributed by atoms with Crippen molar-refractivity contribution in [1.29, 1.82) is 0 Å². The molecule has 1 aliphatic rings. The molecule has 0 spiro atoms. The van der Waals surface area contributed by atoms with Gasteiger partial charge in [-0.25, -0.2) is 0 Å². The van der Waals surface area contributed by atoms with Crippen LogP contribution in [0.1, 0.15) is 18.4 Å². The van der Waals surface area contributed by atoms with Crippen LogP contribution in [0, 0.1) is 0 Å². The summed E-state index contributed by atoms with van der Waals surface area (Å²) in [7, 11) is 3.09. The molecule has 2 aromatic carbocycles. The molecule has 1 fully saturated rings. The number of carbonyl (C=O) groups excluding carboxylic acids is 2. The summed E-state index contributed by atoms with van der Waals surface area (Å²) in [5.41, 5.74) is 1.10. The molecular weight excluding hydrogens is 408 g/mol. The Bertz CT molecular complexity index is 895. The van der Waals surface area contributed by atoms with Crippen molar-refractivity contribution in [3.8, 4) is 11.5 Å². The van der Waals surface area contributed by atoms with E-state index in [0.717, 1.165) is 24.2 Å². The van der Waals surface area contributed by atoms with E-state index in [9.17, 15) is 9.59 Å². The number of nitrogens with one attached hydrogen (secondary N) is 2. The summed E-state index contributed by atoms with van der Waals surface area (Å²) in [6.45, 7) is 1.50. The number of hydrogen-bond acceptors (Lipinski definition) is 5. The second-order valence-electron chi connectivity index (χ2n) is 7.10. The van der Waals surface area contributed by atoms with E-state index < -0.39 is 11.8 Å². The Morgan fingerprint density at radius 3 is 2.37 bits per heavy atom. The minimum atomic E-state index is -0.785. The molecule has 1 aliphatic heterocycles. The van der Waals surface area contributed by atoms with E-state index in [1.54, 1.807) is 19.2 Å². The maximum absolute atomic E-state index is 12.5. The van der Waals surface area contributed by atoms with Gasteiger partial charge in [-0.15, -0.1) is 0 Å². The van der Waals surface area contributed by atoms with Gasteiger partial charge < -0.3 is 24.8 Å². The zero-order valence-electron chi connectivity index (χ0n) is 17.0. The van der Waals surface area contributed by atoms with Crippen LogP contribution < -0.4 is 20.1 Å². The topological polar surface area (TPSA) is 85.9 Å². The SMILES string of the molecule is COc1ccc(C2(CNC(=O)C(=O)Nc3cc(Cl)ccc3OC)CCOCC2)cc1. The Labute approximate surface area is 180 Å². The molecule has 2 N–H and O–H groups in total. The number of anilines is 1. The Kier molecular flexibility index (Phi) is 7.18. The fraction of sp³-hybridized carbons (Fsp3) is 0.364. The summed E-state index contributed by atoms with van der Waals surface area (Å²) >= 11 is 5.98. The fourth-order valence-electron chi connectivity index (χ4n) is 3.56. The van der Waals surface area contributed by atoms with Crippen LogP contribution in [0.2, 0.25) is 5.02 Å². The average molecular weight is 433 g/mol. The maximum atomic E-state index is 12.5. The highest BCUT2D eigenvalue weighted by molar-refractivity contribution is 6.40. The van der Waals surface area contributed by atoms with E-state index in [-0.39, 0.29) is 5.41 Å². The van der Waals surface area contributed by atoms with Crippen LogP contribution in [-0.2, 0) is 19.7 Å². The Hall–Kier alpha value is -2.77. The zero-order chi connectivity index (χ0) is 21.6. The van der Waals surface area contributed by atoms with Crippen LogP contribution in [-0.4, -0.2) is 45.8 Å². The van der Waals surface area contributed by atoms with Gasteiger partial charge in [0.2, 0.25) is 0 Å². The highest BCUT2D eigenvalue weighted by Gasteiger charge is 2.35. The monoisotopic (exact) mass is 432 g/mol. The number of benzene rings is 2. The first kappa shape index (κ1) is 21.9. The van der Waals surface area contributed by atoms with Gasteiger partial charge in [0, 0.05) is 30.2 Å². The Morgan fingerprint density at radius 1 is 1.03 bits per heavy atom. The summed E-state index contributed by atoms with van der Waals surface area (Å²) < 4.78 is 16.0. The molecule has 3 rings (SSSR count). The lowest BCUT2D eigenvalue weighted by atomic mass is 9.74. The molecule has 0 atom stereocenters. The number of rotatable bonds is 6. The largest absolute Gasteiger partial charge is 0.497 e. The molecule has 0 aliphatic carbocycles. The van der Waals surface area contributed by atoms with Crippen molar-refractivity contribution in [2.75, 3.05) is 39.3 Å². The molecule has 0 bridgehead atoms. The molecular formula is C22H25ClN2O5. The predicted molar refractivity (Wildman–Crippen MR) is 114 cm³/mol. The summed E-state index contributed by atoms with van der Waals surface area (Å²) in [6, 6.07) is 12.6. The number of carbonyl (C=O) groups is 2.